The van der Waals surface area contributed by atoms with Gasteiger partial charge in [-0.1, -0.05) is 29.2 Å². The minimum absolute atomic E-state index is 0.188. The number of hydrogen-bond donors (Lipinski definition) is 3. The predicted octanol–water partition coefficient (Wildman–Crippen LogP) is 3.98. The number of carbonyl (C=O) groups excluding carboxylic acids is 2. The van der Waals surface area contributed by atoms with E-state index in [4.69, 9.17) is 9.15 Å². The molecule has 32 heavy (non-hydrogen) atoms. The normalized spacial score (nSPS) is 15.8. The van der Waals surface area contributed by atoms with Crippen molar-refractivity contribution in [1.82, 2.24) is 20.8 Å². The molecule has 2 amide bonds. The molecule has 9 nitrogen and oxygen atoms in total. The second-order valence-corrected chi connectivity index (χ2v) is 8.66. The van der Waals surface area contributed by atoms with Gasteiger partial charge in [0.25, 0.3) is 0 Å². The molecule has 0 saturated carbocycles. The van der Waals surface area contributed by atoms with Crippen molar-refractivity contribution in [2.24, 2.45) is 0 Å². The largest absolute Gasteiger partial charge is 0.467 e. The quantitative estimate of drug-likeness (QED) is 0.331. The Labute approximate surface area is 190 Å². The highest BCUT2D eigenvalue weighted by molar-refractivity contribution is 8.01. The van der Waals surface area contributed by atoms with Crippen molar-refractivity contribution in [3.63, 3.8) is 0 Å². The molecular formula is C20H18FN5O4S2. The molecule has 0 saturated heterocycles. The second-order valence-electron chi connectivity index (χ2n) is 6.46. The number of nitrogens with zero attached hydrogens (tertiary/aromatic N) is 2. The van der Waals surface area contributed by atoms with Crippen molar-refractivity contribution in [3.05, 3.63) is 65.5 Å². The number of aromatic nitrogens is 2. The summed E-state index contributed by atoms with van der Waals surface area (Å²) in [6, 6.07) is 8.13. The summed E-state index contributed by atoms with van der Waals surface area (Å²) in [7, 11) is 0. The van der Waals surface area contributed by atoms with Gasteiger partial charge in [-0.05, 0) is 37.3 Å². The van der Waals surface area contributed by atoms with Crippen LogP contribution in [0.3, 0.4) is 0 Å². The standard InChI is InChI=1S/C20H18FN5O4S2/c1-2-29-17(27)15-13(23-18(28)24-16(15)14-7-4-8-30-14)10-31-20-26-25-19(32-20)22-12-6-3-5-11(21)9-12/h3-9,16H,2,10H2,1H3,(H,22,25)(H2,23,24,28)/t16-/m0/s1. The molecular weight excluding hydrogens is 457 g/mol. The molecule has 0 aliphatic carbocycles. The lowest BCUT2D eigenvalue weighted by Crippen LogP contribution is -2.46. The lowest BCUT2D eigenvalue weighted by molar-refractivity contribution is -0.139. The number of furan rings is 1. The Morgan fingerprint density at radius 1 is 1.34 bits per heavy atom. The maximum absolute atomic E-state index is 13.4. The van der Waals surface area contributed by atoms with Crippen LogP contribution in [-0.2, 0) is 9.53 Å². The van der Waals surface area contributed by atoms with E-state index in [1.807, 2.05) is 0 Å². The number of hydrogen-bond acceptors (Lipinski definition) is 9. The van der Waals surface area contributed by atoms with Crippen LogP contribution in [0.2, 0.25) is 0 Å². The van der Waals surface area contributed by atoms with Crippen LogP contribution in [0, 0.1) is 5.82 Å². The zero-order chi connectivity index (χ0) is 22.5. The number of ether oxygens (including phenoxy) is 1. The summed E-state index contributed by atoms with van der Waals surface area (Å²) < 4.78 is 24.6. The Bertz CT molecular complexity index is 1150. The molecule has 2 aromatic heterocycles. The van der Waals surface area contributed by atoms with Crippen LogP contribution in [0.25, 0.3) is 0 Å². The highest BCUT2D eigenvalue weighted by Crippen LogP contribution is 2.33. The number of thioether (sulfide) groups is 1. The van der Waals surface area contributed by atoms with Gasteiger partial charge in [0, 0.05) is 17.1 Å². The zero-order valence-electron chi connectivity index (χ0n) is 16.8. The Kier molecular flexibility index (Phi) is 6.71. The number of carbonyl (C=O) groups is 2. The number of urea groups is 1. The van der Waals surface area contributed by atoms with Crippen LogP contribution >= 0.6 is 23.1 Å². The molecule has 0 unspecified atom stereocenters. The van der Waals surface area contributed by atoms with Gasteiger partial charge in [0.1, 0.15) is 17.6 Å². The summed E-state index contributed by atoms with van der Waals surface area (Å²) in [6.07, 6.45) is 1.47. The zero-order valence-corrected chi connectivity index (χ0v) is 18.4. The van der Waals surface area contributed by atoms with Crippen LogP contribution < -0.4 is 16.0 Å². The van der Waals surface area contributed by atoms with Gasteiger partial charge in [0.2, 0.25) is 5.13 Å². The maximum Gasteiger partial charge on any atom is 0.338 e. The van der Waals surface area contributed by atoms with Gasteiger partial charge in [-0.2, -0.15) is 0 Å². The van der Waals surface area contributed by atoms with Crippen molar-refractivity contribution < 1.29 is 23.1 Å². The fraction of sp³-hybridized carbons (Fsp3) is 0.200. The number of anilines is 2. The molecule has 166 valence electrons. The lowest BCUT2D eigenvalue weighted by Gasteiger charge is -2.27. The molecule has 3 N–H and O–H groups in total. The monoisotopic (exact) mass is 475 g/mol. The summed E-state index contributed by atoms with van der Waals surface area (Å²) in [6.45, 7) is 1.89. The third-order valence-corrected chi connectivity index (χ3v) is 6.30. The molecule has 1 aliphatic heterocycles. The van der Waals surface area contributed by atoms with E-state index in [2.05, 4.69) is 26.1 Å². The third-order valence-electron chi connectivity index (χ3n) is 4.30. The first-order valence-corrected chi connectivity index (χ1v) is 11.3. The van der Waals surface area contributed by atoms with Gasteiger partial charge in [-0.3, -0.25) is 0 Å². The Balaban J connectivity index is 1.53. The number of benzene rings is 1. The molecule has 1 atom stereocenters. The van der Waals surface area contributed by atoms with E-state index in [1.165, 1.54) is 41.5 Å². The minimum Gasteiger partial charge on any atom is -0.467 e. The van der Waals surface area contributed by atoms with E-state index >= 15 is 0 Å². The Morgan fingerprint density at radius 3 is 2.97 bits per heavy atom. The summed E-state index contributed by atoms with van der Waals surface area (Å²) in [5.74, 6) is -0.251. The highest BCUT2D eigenvalue weighted by atomic mass is 32.2. The molecule has 12 heteroatoms. The first-order valence-electron chi connectivity index (χ1n) is 9.53. The number of esters is 1. The average molecular weight is 476 g/mol. The Hall–Kier alpha value is -3.38. The van der Waals surface area contributed by atoms with Gasteiger partial charge in [0.15, 0.2) is 4.34 Å². The third kappa shape index (κ3) is 5.08. The average Bonchev–Trinajstić information content (AvgIpc) is 3.44. The van der Waals surface area contributed by atoms with Crippen molar-refractivity contribution >= 4 is 45.9 Å². The second kappa shape index (κ2) is 9.83. The van der Waals surface area contributed by atoms with Crippen LogP contribution in [0.4, 0.5) is 20.0 Å². The molecule has 0 bridgehead atoms. The number of amides is 2. The molecule has 1 aromatic carbocycles. The number of nitrogens with one attached hydrogen (secondary N) is 3. The van der Waals surface area contributed by atoms with E-state index in [-0.39, 0.29) is 23.8 Å². The molecule has 3 heterocycles. The Morgan fingerprint density at radius 2 is 2.22 bits per heavy atom. The minimum atomic E-state index is -0.770. The van der Waals surface area contributed by atoms with E-state index in [9.17, 15) is 14.0 Å². The highest BCUT2D eigenvalue weighted by Gasteiger charge is 2.35. The summed E-state index contributed by atoms with van der Waals surface area (Å²) in [5.41, 5.74) is 1.21. The molecule has 3 aromatic rings. The van der Waals surface area contributed by atoms with E-state index in [0.717, 1.165) is 0 Å². The number of rotatable bonds is 8. The fourth-order valence-corrected chi connectivity index (χ4v) is 4.73. The first-order chi connectivity index (χ1) is 15.5. The summed E-state index contributed by atoms with van der Waals surface area (Å²) >= 11 is 2.56. The van der Waals surface area contributed by atoms with Gasteiger partial charge in [0.05, 0.1) is 18.4 Å². The lowest BCUT2D eigenvalue weighted by atomic mass is 10.0. The van der Waals surface area contributed by atoms with Gasteiger partial charge in [-0.25, -0.2) is 14.0 Å². The number of halogens is 1. The van der Waals surface area contributed by atoms with E-state index in [0.29, 0.717) is 26.6 Å². The van der Waals surface area contributed by atoms with Crippen molar-refractivity contribution in [2.45, 2.75) is 17.3 Å². The molecule has 0 spiro atoms. The van der Waals surface area contributed by atoms with E-state index in [1.54, 1.807) is 31.2 Å². The summed E-state index contributed by atoms with van der Waals surface area (Å²) in [5, 5.41) is 17.0. The van der Waals surface area contributed by atoms with Crippen LogP contribution in [0.15, 0.2) is 62.7 Å². The molecule has 0 radical (unpaired) electrons. The fourth-order valence-electron chi connectivity index (χ4n) is 2.99. The SMILES string of the molecule is CCOC(=O)C1=C(CSc2nnc(Nc3cccc(F)c3)s2)NC(=O)N[C@H]1c1ccco1. The van der Waals surface area contributed by atoms with Gasteiger partial charge in [-0.15, -0.1) is 10.2 Å². The van der Waals surface area contributed by atoms with Crippen LogP contribution in [-0.4, -0.2) is 34.6 Å². The van der Waals surface area contributed by atoms with Crippen molar-refractivity contribution in [3.8, 4) is 0 Å². The topological polar surface area (TPSA) is 118 Å². The first kappa shape index (κ1) is 21.8. The van der Waals surface area contributed by atoms with Crippen molar-refractivity contribution in [1.29, 1.82) is 0 Å². The molecule has 4 rings (SSSR count). The summed E-state index contributed by atoms with van der Waals surface area (Å²) in [4.78, 5) is 24.9. The van der Waals surface area contributed by atoms with Gasteiger partial charge < -0.3 is 25.1 Å². The van der Waals surface area contributed by atoms with Crippen molar-refractivity contribution in [2.75, 3.05) is 17.7 Å². The van der Waals surface area contributed by atoms with Crippen LogP contribution in [0.5, 0.6) is 0 Å². The molecule has 1 aliphatic rings. The molecule has 0 fully saturated rings. The predicted molar refractivity (Wildman–Crippen MR) is 117 cm³/mol. The smallest absolute Gasteiger partial charge is 0.338 e. The van der Waals surface area contributed by atoms with Crippen LogP contribution in [0.1, 0.15) is 18.7 Å². The maximum atomic E-state index is 13.4. The van der Waals surface area contributed by atoms with E-state index < -0.39 is 18.0 Å². The van der Waals surface area contributed by atoms with Gasteiger partial charge >= 0.3 is 12.0 Å².